The maximum Gasteiger partial charge on any atom is 0.211 e. The van der Waals surface area contributed by atoms with Crippen molar-refractivity contribution >= 4 is 42.2 Å². The zero-order valence-corrected chi connectivity index (χ0v) is 29.0. The van der Waals surface area contributed by atoms with Crippen molar-refractivity contribution in [1.82, 2.24) is 9.97 Å². The molecule has 2 rings (SSSR count). The summed E-state index contributed by atoms with van der Waals surface area (Å²) in [5.41, 5.74) is 2.74. The van der Waals surface area contributed by atoms with Crippen LogP contribution in [-0.4, -0.2) is 31.8 Å². The Labute approximate surface area is 274 Å². The van der Waals surface area contributed by atoms with Crippen molar-refractivity contribution in [2.75, 3.05) is 12.5 Å². The van der Waals surface area contributed by atoms with E-state index in [1.165, 1.54) is 146 Å². The van der Waals surface area contributed by atoms with E-state index in [-0.39, 0.29) is 0 Å². The Hall–Kier alpha value is -0.720. The van der Waals surface area contributed by atoms with E-state index in [4.69, 9.17) is 20.9 Å². The second kappa shape index (κ2) is 34.8. The van der Waals surface area contributed by atoms with Crippen LogP contribution in [0.3, 0.4) is 0 Å². The number of nitrogens with zero attached hydrogens (tertiary/aromatic N) is 2. The number of aromatic nitrogens is 2. The quantitative estimate of drug-likeness (QED) is 0.0689. The Bertz CT molecular complexity index is 738. The van der Waals surface area contributed by atoms with Gasteiger partial charge in [-0.3, -0.25) is 9.97 Å². The predicted molar refractivity (Wildman–Crippen MR) is 186 cm³/mol. The second-order valence-electron chi connectivity index (χ2n) is 10.9. The number of unbranched alkanes of at least 4 members (excludes halogenated alkanes) is 18. The van der Waals surface area contributed by atoms with Crippen molar-refractivity contribution in [3.63, 3.8) is 0 Å². The summed E-state index contributed by atoms with van der Waals surface area (Å²) in [7, 11) is 7.36. The van der Waals surface area contributed by atoms with Gasteiger partial charge in [0.2, 0.25) is 9.23 Å². The third-order valence-electron chi connectivity index (χ3n) is 7.17. The minimum atomic E-state index is -1.67. The summed E-state index contributed by atoms with van der Waals surface area (Å²) in [6.45, 7) is 0.358. The molecule has 0 aliphatic heterocycles. The molecule has 0 saturated carbocycles. The van der Waals surface area contributed by atoms with Crippen LogP contribution in [-0.2, 0) is 22.1 Å². The first kappa shape index (κ1) is 41.3. The van der Waals surface area contributed by atoms with E-state index in [0.29, 0.717) is 6.61 Å². The van der Waals surface area contributed by atoms with Crippen LogP contribution in [0.25, 0.3) is 0 Å². The smallest absolute Gasteiger partial charge is 0.211 e. The van der Waals surface area contributed by atoms with Crippen molar-refractivity contribution in [2.24, 2.45) is 0 Å². The standard InChI is InChI=1S/C17H28ClN.C17H29NO.Cl2OS/c18-14-10-8-6-4-2-1-3-5-7-9-12-17-13-11-15-19-16-17;19-15-10-8-6-4-2-1-3-5-7-9-12-17-13-11-14-18-16-17;1-4(2)3/h11,13,15-16H,1-10,12,14H2;11,13-14,16,19H,1-10,12,15H2;. The highest BCUT2D eigenvalue weighted by Gasteiger charge is 1.96. The first-order chi connectivity index (χ1) is 20.6. The Morgan fingerprint density at radius 2 is 0.857 bits per heavy atom. The van der Waals surface area contributed by atoms with Gasteiger partial charge >= 0.3 is 0 Å². The Balaban J connectivity index is 0.000000710. The summed E-state index contributed by atoms with van der Waals surface area (Å²) >= 11 is 5.65. The lowest BCUT2D eigenvalue weighted by molar-refractivity contribution is 0.282. The van der Waals surface area contributed by atoms with Crippen LogP contribution in [0.2, 0.25) is 0 Å². The summed E-state index contributed by atoms with van der Waals surface area (Å²) in [6.07, 6.45) is 36.5. The number of halogens is 3. The molecule has 2 aromatic rings. The van der Waals surface area contributed by atoms with E-state index in [2.05, 4.69) is 43.5 Å². The highest BCUT2D eigenvalue weighted by atomic mass is 36.0. The maximum atomic E-state index is 9.09. The molecule has 0 aliphatic carbocycles. The zero-order valence-electron chi connectivity index (χ0n) is 25.9. The molecule has 1 N–H and O–H groups in total. The van der Waals surface area contributed by atoms with Crippen LogP contribution in [0.15, 0.2) is 49.1 Å². The van der Waals surface area contributed by atoms with E-state index in [9.17, 15) is 0 Å². The molecule has 4 nitrogen and oxygen atoms in total. The maximum absolute atomic E-state index is 9.09. The molecule has 0 bridgehead atoms. The molecule has 0 fully saturated rings. The fourth-order valence-corrected chi connectivity index (χ4v) is 4.97. The highest BCUT2D eigenvalue weighted by molar-refractivity contribution is 8.26. The fourth-order valence-electron chi connectivity index (χ4n) is 4.78. The molecule has 0 amide bonds. The molecule has 0 unspecified atom stereocenters. The number of pyridine rings is 2. The minimum Gasteiger partial charge on any atom is -0.396 e. The lowest BCUT2D eigenvalue weighted by Gasteiger charge is -2.03. The molecule has 0 spiro atoms. The lowest BCUT2D eigenvalue weighted by atomic mass is 10.0. The number of aliphatic hydroxyl groups is 1. The van der Waals surface area contributed by atoms with Gasteiger partial charge in [0.1, 0.15) is 0 Å². The van der Waals surface area contributed by atoms with Crippen LogP contribution < -0.4 is 0 Å². The predicted octanol–water partition coefficient (Wildman–Crippen LogP) is 11.3. The van der Waals surface area contributed by atoms with E-state index >= 15 is 0 Å². The minimum absolute atomic E-state index is 0.358. The first-order valence-electron chi connectivity index (χ1n) is 16.3. The number of aliphatic hydroxyl groups excluding tert-OH is 1. The van der Waals surface area contributed by atoms with Gasteiger partial charge in [-0.1, -0.05) is 115 Å². The third kappa shape index (κ3) is 33.8. The first-order valence-corrected chi connectivity index (χ1v) is 19.6. The zero-order chi connectivity index (χ0) is 30.8. The summed E-state index contributed by atoms with van der Waals surface area (Å²) in [5, 5.41) is 8.67. The van der Waals surface area contributed by atoms with Gasteiger partial charge in [-0.25, -0.2) is 4.21 Å². The second-order valence-corrected chi connectivity index (χ2v) is 13.8. The third-order valence-corrected chi connectivity index (χ3v) is 7.44. The average Bonchev–Trinajstić information content (AvgIpc) is 3.00. The Morgan fingerprint density at radius 3 is 1.14 bits per heavy atom. The highest BCUT2D eigenvalue weighted by Crippen LogP contribution is 2.13. The number of aryl methyl sites for hydroxylation is 2. The number of hydrogen-bond acceptors (Lipinski definition) is 4. The molecule has 42 heavy (non-hydrogen) atoms. The van der Waals surface area contributed by atoms with E-state index < -0.39 is 9.23 Å². The SMILES string of the molecule is ClCCCCCCCCCCCCc1cccnc1.O=S(Cl)Cl.OCCCCCCCCCCCCc1cccnc1. The normalized spacial score (nSPS) is 10.6. The van der Waals surface area contributed by atoms with E-state index in [1.54, 1.807) is 0 Å². The van der Waals surface area contributed by atoms with Gasteiger partial charge in [-0.2, -0.15) is 0 Å². The van der Waals surface area contributed by atoms with Crippen LogP contribution in [0.5, 0.6) is 0 Å². The van der Waals surface area contributed by atoms with Gasteiger partial charge in [0.15, 0.2) is 0 Å². The van der Waals surface area contributed by atoms with Crippen molar-refractivity contribution in [3.8, 4) is 0 Å². The van der Waals surface area contributed by atoms with Gasteiger partial charge in [0.05, 0.1) is 0 Å². The molecule has 0 radical (unpaired) electrons. The van der Waals surface area contributed by atoms with Crippen molar-refractivity contribution in [2.45, 2.75) is 141 Å². The molecular formula is C34H57Cl3N2O2S. The van der Waals surface area contributed by atoms with Crippen LogP contribution >= 0.6 is 33.0 Å². The van der Waals surface area contributed by atoms with Gasteiger partial charge in [0.25, 0.3) is 0 Å². The monoisotopic (exact) mass is 662 g/mol. The molecule has 0 saturated heterocycles. The summed E-state index contributed by atoms with van der Waals surface area (Å²) < 4.78 is 9.09. The number of hydrogen-bond donors (Lipinski definition) is 1. The summed E-state index contributed by atoms with van der Waals surface area (Å²) in [5.74, 6) is 0.830. The number of rotatable bonds is 24. The summed E-state index contributed by atoms with van der Waals surface area (Å²) in [6, 6.07) is 8.39. The number of alkyl halides is 1. The largest absolute Gasteiger partial charge is 0.396 e. The van der Waals surface area contributed by atoms with Crippen molar-refractivity contribution in [1.29, 1.82) is 0 Å². The van der Waals surface area contributed by atoms with Crippen LogP contribution in [0.1, 0.15) is 140 Å². The molecule has 2 heterocycles. The topological polar surface area (TPSA) is 63.1 Å². The lowest BCUT2D eigenvalue weighted by Crippen LogP contribution is -1.87. The molecule has 2 aromatic heterocycles. The van der Waals surface area contributed by atoms with Crippen LogP contribution in [0, 0.1) is 0 Å². The van der Waals surface area contributed by atoms with Gasteiger partial charge in [-0.15, -0.1) is 11.6 Å². The Kier molecular flexibility index (Phi) is 34.2. The van der Waals surface area contributed by atoms with Crippen LogP contribution in [0.4, 0.5) is 0 Å². The van der Waals surface area contributed by atoms with Gasteiger partial charge in [-0.05, 0) is 61.8 Å². The molecule has 0 aromatic carbocycles. The van der Waals surface area contributed by atoms with Crippen molar-refractivity contribution < 1.29 is 9.32 Å². The molecule has 242 valence electrons. The average molecular weight is 664 g/mol. The van der Waals surface area contributed by atoms with Crippen molar-refractivity contribution in [3.05, 3.63) is 60.2 Å². The molecule has 0 atom stereocenters. The summed E-state index contributed by atoms with van der Waals surface area (Å²) in [4.78, 5) is 8.29. The molecular weight excluding hydrogens is 607 g/mol. The Morgan fingerprint density at radius 1 is 0.548 bits per heavy atom. The fraction of sp³-hybridized carbons (Fsp3) is 0.706. The molecule has 8 heteroatoms. The molecule has 0 aliphatic rings. The van der Waals surface area contributed by atoms with Gasteiger partial charge < -0.3 is 5.11 Å². The van der Waals surface area contributed by atoms with E-state index in [0.717, 1.165) is 12.3 Å². The van der Waals surface area contributed by atoms with E-state index in [1.807, 2.05) is 36.9 Å². The van der Waals surface area contributed by atoms with Gasteiger partial charge in [0, 0.05) is 58.6 Å².